The topological polar surface area (TPSA) is 80.4 Å². The van der Waals surface area contributed by atoms with E-state index >= 15 is 0 Å². The highest BCUT2D eigenvalue weighted by molar-refractivity contribution is 5.96. The highest BCUT2D eigenvalue weighted by atomic mass is 16.5. The number of ether oxygens (including phenoxy) is 2. The number of benzene rings is 1. The highest BCUT2D eigenvalue weighted by Crippen LogP contribution is 2.17. The van der Waals surface area contributed by atoms with Gasteiger partial charge in [-0.05, 0) is 31.2 Å². The van der Waals surface area contributed by atoms with Gasteiger partial charge in [0.25, 0.3) is 5.91 Å². The standard InChI is InChI=1S/C15H16N2O4/c1-10(21-15(19)13-7-4-8-16-13)14(18)17-11-5-3-6-12(9-11)20-2/h3-10,16H,1-2H3,(H,17,18)/t10-/m0/s1. The second-order valence-corrected chi connectivity index (χ2v) is 4.35. The maximum absolute atomic E-state index is 12.0. The smallest absolute Gasteiger partial charge is 0.355 e. The van der Waals surface area contributed by atoms with Crippen molar-refractivity contribution < 1.29 is 19.1 Å². The zero-order chi connectivity index (χ0) is 15.2. The molecule has 0 aliphatic carbocycles. The Kier molecular flexibility index (Phi) is 4.61. The van der Waals surface area contributed by atoms with Crippen LogP contribution in [-0.4, -0.2) is 30.1 Å². The van der Waals surface area contributed by atoms with E-state index in [4.69, 9.17) is 9.47 Å². The van der Waals surface area contributed by atoms with E-state index < -0.39 is 18.0 Å². The average molecular weight is 288 g/mol. The summed E-state index contributed by atoms with van der Waals surface area (Å²) in [6.07, 6.45) is 0.699. The summed E-state index contributed by atoms with van der Waals surface area (Å²) in [5, 5.41) is 2.66. The normalized spacial score (nSPS) is 11.5. The summed E-state index contributed by atoms with van der Waals surface area (Å²) in [4.78, 5) is 26.4. The molecular formula is C15H16N2O4. The average Bonchev–Trinajstić information content (AvgIpc) is 3.01. The Morgan fingerprint density at radius 1 is 1.24 bits per heavy atom. The Morgan fingerprint density at radius 3 is 2.71 bits per heavy atom. The van der Waals surface area contributed by atoms with E-state index in [9.17, 15) is 9.59 Å². The first-order chi connectivity index (χ1) is 10.1. The third-order valence-corrected chi connectivity index (χ3v) is 2.81. The molecule has 0 aliphatic heterocycles. The first-order valence-corrected chi connectivity index (χ1v) is 6.39. The number of carbonyl (C=O) groups is 2. The number of carbonyl (C=O) groups excluding carboxylic acids is 2. The van der Waals surface area contributed by atoms with Crippen LogP contribution in [0.25, 0.3) is 0 Å². The fraction of sp³-hybridized carbons (Fsp3) is 0.200. The molecule has 1 aromatic heterocycles. The van der Waals surface area contributed by atoms with Crippen LogP contribution in [0, 0.1) is 0 Å². The van der Waals surface area contributed by atoms with E-state index in [1.165, 1.54) is 6.92 Å². The molecule has 2 rings (SSSR count). The lowest BCUT2D eigenvalue weighted by Gasteiger charge is -2.13. The second kappa shape index (κ2) is 6.60. The van der Waals surface area contributed by atoms with Gasteiger partial charge in [-0.2, -0.15) is 0 Å². The molecule has 1 atom stereocenters. The van der Waals surface area contributed by atoms with Crippen molar-refractivity contribution in [2.24, 2.45) is 0 Å². The molecule has 21 heavy (non-hydrogen) atoms. The molecule has 0 aliphatic rings. The molecule has 0 unspecified atom stereocenters. The maximum Gasteiger partial charge on any atom is 0.355 e. The number of amides is 1. The van der Waals surface area contributed by atoms with E-state index in [1.54, 1.807) is 49.7 Å². The predicted molar refractivity (Wildman–Crippen MR) is 77.3 cm³/mol. The van der Waals surface area contributed by atoms with Crippen molar-refractivity contribution in [1.82, 2.24) is 4.98 Å². The molecule has 6 nitrogen and oxygen atoms in total. The van der Waals surface area contributed by atoms with Crippen LogP contribution in [-0.2, 0) is 9.53 Å². The fourth-order valence-electron chi connectivity index (χ4n) is 1.68. The Labute approximate surface area is 122 Å². The van der Waals surface area contributed by atoms with Gasteiger partial charge in [0, 0.05) is 18.0 Å². The Hall–Kier alpha value is -2.76. The molecule has 1 heterocycles. The van der Waals surface area contributed by atoms with Gasteiger partial charge in [-0.1, -0.05) is 6.07 Å². The summed E-state index contributed by atoms with van der Waals surface area (Å²) in [5.41, 5.74) is 0.873. The van der Waals surface area contributed by atoms with E-state index in [1.807, 2.05) is 0 Å². The number of hydrogen-bond acceptors (Lipinski definition) is 4. The third kappa shape index (κ3) is 3.85. The van der Waals surface area contributed by atoms with Crippen molar-refractivity contribution in [3.05, 3.63) is 48.3 Å². The number of esters is 1. The van der Waals surface area contributed by atoms with E-state index in [-0.39, 0.29) is 0 Å². The van der Waals surface area contributed by atoms with Gasteiger partial charge in [-0.15, -0.1) is 0 Å². The summed E-state index contributed by atoms with van der Waals surface area (Å²) in [5.74, 6) is -0.361. The van der Waals surface area contributed by atoms with Crippen LogP contribution in [0.15, 0.2) is 42.6 Å². The zero-order valence-corrected chi connectivity index (χ0v) is 11.8. The minimum Gasteiger partial charge on any atom is -0.497 e. The number of aromatic nitrogens is 1. The molecule has 110 valence electrons. The van der Waals surface area contributed by atoms with Gasteiger partial charge in [-0.3, -0.25) is 4.79 Å². The van der Waals surface area contributed by atoms with Crippen molar-refractivity contribution in [1.29, 1.82) is 0 Å². The van der Waals surface area contributed by atoms with Gasteiger partial charge >= 0.3 is 5.97 Å². The van der Waals surface area contributed by atoms with Crippen molar-refractivity contribution in [3.8, 4) is 5.75 Å². The lowest BCUT2D eigenvalue weighted by Crippen LogP contribution is -2.30. The van der Waals surface area contributed by atoms with E-state index in [0.29, 0.717) is 17.1 Å². The van der Waals surface area contributed by atoms with Crippen LogP contribution in [0.5, 0.6) is 5.75 Å². The molecule has 1 aromatic carbocycles. The molecule has 0 fully saturated rings. The van der Waals surface area contributed by atoms with Crippen molar-refractivity contribution >= 4 is 17.6 Å². The van der Waals surface area contributed by atoms with Crippen LogP contribution in [0.2, 0.25) is 0 Å². The monoisotopic (exact) mass is 288 g/mol. The number of H-pyrrole nitrogens is 1. The van der Waals surface area contributed by atoms with Gasteiger partial charge in [-0.25, -0.2) is 4.79 Å². The van der Waals surface area contributed by atoms with Crippen LogP contribution in [0.1, 0.15) is 17.4 Å². The number of aromatic amines is 1. The Balaban J connectivity index is 1.94. The molecule has 0 radical (unpaired) electrons. The van der Waals surface area contributed by atoms with E-state index in [2.05, 4.69) is 10.3 Å². The quantitative estimate of drug-likeness (QED) is 0.827. The first-order valence-electron chi connectivity index (χ1n) is 6.39. The molecule has 0 saturated carbocycles. The van der Waals surface area contributed by atoms with Crippen LogP contribution in [0.3, 0.4) is 0 Å². The summed E-state index contributed by atoms with van der Waals surface area (Å²) in [7, 11) is 1.54. The van der Waals surface area contributed by atoms with Gasteiger partial charge in [0.15, 0.2) is 6.10 Å². The van der Waals surface area contributed by atoms with Crippen molar-refractivity contribution in [2.45, 2.75) is 13.0 Å². The fourth-order valence-corrected chi connectivity index (χ4v) is 1.68. The molecule has 2 N–H and O–H groups in total. The second-order valence-electron chi connectivity index (χ2n) is 4.35. The SMILES string of the molecule is COc1cccc(NC(=O)[C@H](C)OC(=O)c2ccc[nH]2)c1. The minimum atomic E-state index is -0.910. The molecular weight excluding hydrogens is 272 g/mol. The number of hydrogen-bond donors (Lipinski definition) is 2. The number of rotatable bonds is 5. The Morgan fingerprint density at radius 2 is 2.05 bits per heavy atom. The molecule has 2 aromatic rings. The lowest BCUT2D eigenvalue weighted by atomic mass is 10.3. The molecule has 0 spiro atoms. The zero-order valence-electron chi connectivity index (χ0n) is 11.8. The number of nitrogens with one attached hydrogen (secondary N) is 2. The molecule has 1 amide bonds. The molecule has 0 bridgehead atoms. The highest BCUT2D eigenvalue weighted by Gasteiger charge is 2.19. The van der Waals surface area contributed by atoms with Gasteiger partial charge in [0.05, 0.1) is 7.11 Å². The predicted octanol–water partition coefficient (Wildman–Crippen LogP) is 2.21. The van der Waals surface area contributed by atoms with Crippen LogP contribution >= 0.6 is 0 Å². The summed E-state index contributed by atoms with van der Waals surface area (Å²) < 4.78 is 10.1. The van der Waals surface area contributed by atoms with Gasteiger partial charge in [0.2, 0.25) is 0 Å². The summed E-state index contributed by atoms with van der Waals surface area (Å²) in [6, 6.07) is 10.2. The van der Waals surface area contributed by atoms with Gasteiger partial charge < -0.3 is 19.8 Å². The minimum absolute atomic E-state index is 0.302. The Bertz CT molecular complexity index is 622. The van der Waals surface area contributed by atoms with Crippen molar-refractivity contribution in [2.75, 3.05) is 12.4 Å². The van der Waals surface area contributed by atoms with Crippen LogP contribution in [0.4, 0.5) is 5.69 Å². The van der Waals surface area contributed by atoms with E-state index in [0.717, 1.165) is 0 Å². The third-order valence-electron chi connectivity index (χ3n) is 2.81. The lowest BCUT2D eigenvalue weighted by molar-refractivity contribution is -0.123. The number of methoxy groups -OCH3 is 1. The van der Waals surface area contributed by atoms with Gasteiger partial charge in [0.1, 0.15) is 11.4 Å². The largest absolute Gasteiger partial charge is 0.497 e. The maximum atomic E-state index is 12.0. The molecule has 6 heteroatoms. The summed E-state index contributed by atoms with van der Waals surface area (Å²) in [6.45, 7) is 1.51. The number of anilines is 1. The molecule has 0 saturated heterocycles. The van der Waals surface area contributed by atoms with Crippen LogP contribution < -0.4 is 10.1 Å². The summed E-state index contributed by atoms with van der Waals surface area (Å²) >= 11 is 0. The first kappa shape index (κ1) is 14.6. The van der Waals surface area contributed by atoms with Crippen molar-refractivity contribution in [3.63, 3.8) is 0 Å².